The topological polar surface area (TPSA) is 34.1 Å². The van der Waals surface area contributed by atoms with Gasteiger partial charge in [0.1, 0.15) is 5.82 Å². The van der Waals surface area contributed by atoms with Crippen molar-refractivity contribution in [3.63, 3.8) is 0 Å². The van der Waals surface area contributed by atoms with E-state index >= 15 is 0 Å². The van der Waals surface area contributed by atoms with Crippen LogP contribution in [0.3, 0.4) is 0 Å². The highest BCUT2D eigenvalue weighted by atomic mass is 35.7. The quantitative estimate of drug-likeness (QED) is 0.121. The van der Waals surface area contributed by atoms with Crippen molar-refractivity contribution in [3.8, 4) is 0 Å². The molecule has 0 spiro atoms. The highest BCUT2D eigenvalue weighted by Crippen LogP contribution is 2.67. The first-order chi connectivity index (χ1) is 18.4. The maximum Gasteiger partial charge on any atom is 0.427 e. The Balaban J connectivity index is 3.85. The number of halogens is 23. The minimum atomic E-state index is -9.35. The van der Waals surface area contributed by atoms with Crippen LogP contribution in [-0.4, -0.2) is 66.3 Å². The molecular formula is C16H3Cl2F21O2S2. The van der Waals surface area contributed by atoms with Crippen molar-refractivity contribution in [2.24, 2.45) is 0 Å². The van der Waals surface area contributed by atoms with Crippen LogP contribution in [0.25, 0.3) is 0 Å². The van der Waals surface area contributed by atoms with Crippen molar-refractivity contribution in [1.29, 1.82) is 0 Å². The van der Waals surface area contributed by atoms with Gasteiger partial charge in [-0.15, -0.1) is 0 Å². The first kappa shape index (κ1) is 39.7. The number of rotatable bonds is 12. The van der Waals surface area contributed by atoms with Crippen LogP contribution < -0.4 is 0 Å². The predicted molar refractivity (Wildman–Crippen MR) is 102 cm³/mol. The Kier molecular flexibility index (Phi) is 9.76. The average molecular weight is 761 g/mol. The lowest BCUT2D eigenvalue weighted by Gasteiger charge is -2.44. The average Bonchev–Trinajstić information content (AvgIpc) is 2.79. The zero-order valence-corrected chi connectivity index (χ0v) is 21.7. The van der Waals surface area contributed by atoms with Crippen LogP contribution in [0.2, 0.25) is 5.02 Å². The van der Waals surface area contributed by atoms with Gasteiger partial charge in [-0.25, -0.2) is 12.8 Å². The number of benzene rings is 1. The summed E-state index contributed by atoms with van der Waals surface area (Å²) < 4.78 is 309. The van der Waals surface area contributed by atoms with Crippen LogP contribution in [0.1, 0.15) is 0 Å². The summed E-state index contributed by atoms with van der Waals surface area (Å²) in [6.07, 6.45) is 0. The molecule has 0 amide bonds. The molecule has 0 bridgehead atoms. The largest absolute Gasteiger partial charge is 0.427 e. The lowest BCUT2D eigenvalue weighted by molar-refractivity contribution is -0.463. The van der Waals surface area contributed by atoms with Crippen LogP contribution in [0.4, 0.5) is 92.2 Å². The SMILES string of the molecule is O=S(=O)(Cl)C(F)(F)C(F)(F)C(F)(F)C(F)(F)C(F)(F)C(F)(F)C(F)(F)C(F)(F)C(F)(F)C(F)(F)Sc1c(F)cccc1Cl. The maximum atomic E-state index is 14.0. The van der Waals surface area contributed by atoms with Gasteiger partial charge in [-0.3, -0.25) is 0 Å². The summed E-state index contributed by atoms with van der Waals surface area (Å²) in [5.41, 5.74) is 0. The van der Waals surface area contributed by atoms with Gasteiger partial charge in [0.15, 0.2) is 0 Å². The van der Waals surface area contributed by atoms with Crippen LogP contribution in [0.5, 0.6) is 0 Å². The second-order valence-corrected chi connectivity index (χ2v) is 11.9. The van der Waals surface area contributed by atoms with Crippen molar-refractivity contribution >= 4 is 43.1 Å². The number of hydrogen-bond acceptors (Lipinski definition) is 3. The lowest BCUT2D eigenvalue weighted by Crippen LogP contribution is -2.77. The second kappa shape index (κ2) is 10.6. The molecule has 0 aliphatic heterocycles. The fourth-order valence-electron chi connectivity index (χ4n) is 2.47. The molecule has 43 heavy (non-hydrogen) atoms. The summed E-state index contributed by atoms with van der Waals surface area (Å²) >= 11 is 2.83. The molecule has 1 aromatic carbocycles. The summed E-state index contributed by atoms with van der Waals surface area (Å²) in [7, 11) is -4.06. The molecule has 0 heterocycles. The van der Waals surface area contributed by atoms with Gasteiger partial charge in [-0.1, -0.05) is 17.7 Å². The first-order valence-corrected chi connectivity index (χ1v) is 12.8. The Morgan fingerprint density at radius 1 is 0.535 bits per heavy atom. The van der Waals surface area contributed by atoms with E-state index < -0.39 is 94.4 Å². The molecule has 2 nitrogen and oxygen atoms in total. The maximum absolute atomic E-state index is 14.0. The predicted octanol–water partition coefficient (Wildman–Crippen LogP) is 9.41. The van der Waals surface area contributed by atoms with Gasteiger partial charge in [0, 0.05) is 10.7 Å². The smallest absolute Gasteiger partial charge is 0.206 e. The van der Waals surface area contributed by atoms with Gasteiger partial charge in [-0.05, 0) is 23.9 Å². The van der Waals surface area contributed by atoms with Crippen molar-refractivity contribution in [3.05, 3.63) is 29.0 Å². The van der Waals surface area contributed by atoms with E-state index in [4.69, 9.17) is 11.6 Å². The fraction of sp³-hybridized carbons (Fsp3) is 0.625. The van der Waals surface area contributed by atoms with E-state index in [1.54, 1.807) is 0 Å². The van der Waals surface area contributed by atoms with Gasteiger partial charge >= 0.3 is 66.9 Å². The molecule has 0 saturated heterocycles. The second-order valence-electron chi connectivity index (χ2n) is 7.72. The molecule has 0 aliphatic carbocycles. The van der Waals surface area contributed by atoms with Gasteiger partial charge in [0.05, 0.1) is 9.92 Å². The van der Waals surface area contributed by atoms with Crippen LogP contribution in [0.15, 0.2) is 23.1 Å². The minimum Gasteiger partial charge on any atom is -0.206 e. The van der Waals surface area contributed by atoms with E-state index in [0.717, 1.165) is 0 Å². The molecule has 0 radical (unpaired) electrons. The van der Waals surface area contributed by atoms with E-state index in [9.17, 15) is 101 Å². The van der Waals surface area contributed by atoms with Crippen molar-refractivity contribution < 1.29 is 101 Å². The number of hydrogen-bond donors (Lipinski definition) is 0. The third-order valence-electron chi connectivity index (χ3n) is 4.95. The molecule has 0 N–H and O–H groups in total. The molecule has 0 aromatic heterocycles. The van der Waals surface area contributed by atoms with E-state index in [1.807, 2.05) is 0 Å². The Morgan fingerprint density at radius 2 is 0.837 bits per heavy atom. The number of alkyl halides is 20. The first-order valence-electron chi connectivity index (χ1n) is 9.25. The Bertz CT molecular complexity index is 1310. The van der Waals surface area contributed by atoms with Crippen LogP contribution in [-0.2, 0) is 9.05 Å². The summed E-state index contributed by atoms with van der Waals surface area (Å²) in [4.78, 5) is -2.03. The molecule has 0 fully saturated rings. The fourth-order valence-corrected chi connectivity index (χ4v) is 4.32. The number of thioether (sulfide) groups is 1. The molecule has 252 valence electrons. The van der Waals surface area contributed by atoms with Gasteiger partial charge in [0.2, 0.25) is 0 Å². The van der Waals surface area contributed by atoms with Crippen molar-refractivity contribution in [2.45, 2.75) is 62.8 Å². The Morgan fingerprint density at radius 3 is 1.14 bits per heavy atom. The molecule has 27 heteroatoms. The molecule has 0 saturated carbocycles. The van der Waals surface area contributed by atoms with Crippen molar-refractivity contribution in [1.82, 2.24) is 0 Å². The molecule has 0 aliphatic rings. The Labute approximate surface area is 235 Å². The summed E-state index contributed by atoms with van der Waals surface area (Å²) in [6, 6.07) is 0.946. The third kappa shape index (κ3) is 5.23. The monoisotopic (exact) mass is 760 g/mol. The summed E-state index contributed by atoms with van der Waals surface area (Å²) in [5.74, 6) is -73.9. The van der Waals surface area contributed by atoms with Gasteiger partial charge in [-0.2, -0.15) is 87.8 Å². The van der Waals surface area contributed by atoms with Crippen LogP contribution in [0, 0.1) is 5.82 Å². The highest BCUT2D eigenvalue weighted by Gasteiger charge is 2.98. The summed E-state index contributed by atoms with van der Waals surface area (Å²) in [5, 5.41) is -16.4. The zero-order chi connectivity index (χ0) is 35.1. The third-order valence-corrected chi connectivity index (χ3v) is 7.96. The van der Waals surface area contributed by atoms with Gasteiger partial charge < -0.3 is 0 Å². The Hall–Kier alpha value is -1.37. The highest BCUT2D eigenvalue weighted by molar-refractivity contribution is 8.14. The van der Waals surface area contributed by atoms with E-state index in [0.29, 0.717) is 12.1 Å². The molecule has 0 atom stereocenters. The molecule has 0 unspecified atom stereocenters. The minimum absolute atomic E-state index is 0.0704. The molecule has 1 rings (SSSR count). The molecule has 1 aromatic rings. The zero-order valence-electron chi connectivity index (χ0n) is 18.6. The van der Waals surface area contributed by atoms with Crippen LogP contribution >= 0.6 is 34.0 Å². The van der Waals surface area contributed by atoms with Gasteiger partial charge in [0.25, 0.3) is 0 Å². The van der Waals surface area contributed by atoms with E-state index in [2.05, 4.69) is 10.7 Å². The standard InChI is InChI=1S/C16H3Cl2F21O2S2/c17-4-2-1-3-5(19)6(4)42-15(36,37)13(32,33)11(28,29)9(24,25)7(20,21)8(22,23)10(26,27)12(30,31)14(34,35)16(38,39)43(18,40)41/h1-3H. The normalized spacial score (nSPS) is 16.1. The summed E-state index contributed by atoms with van der Waals surface area (Å²) in [6.45, 7) is 0. The van der Waals surface area contributed by atoms with Crippen molar-refractivity contribution in [2.75, 3.05) is 0 Å². The van der Waals surface area contributed by atoms with E-state index in [1.165, 1.54) is 0 Å². The van der Waals surface area contributed by atoms with E-state index in [-0.39, 0.29) is 6.07 Å². The molecular weight excluding hydrogens is 758 g/mol. The lowest BCUT2D eigenvalue weighted by atomic mass is 9.87.